The molecule has 0 aliphatic heterocycles. The minimum atomic E-state index is -1.68. The highest BCUT2D eigenvalue weighted by Crippen LogP contribution is 2.22. The molecule has 4 N–H and O–H groups in total. The second kappa shape index (κ2) is 8.75. The van der Waals surface area contributed by atoms with Crippen molar-refractivity contribution < 1.29 is 19.3 Å². The fraction of sp³-hybridized carbons (Fsp3) is 0.250. The minimum absolute atomic E-state index is 0.250. The first-order chi connectivity index (χ1) is 13.0. The van der Waals surface area contributed by atoms with Gasteiger partial charge in [-0.2, -0.15) is 0 Å². The van der Waals surface area contributed by atoms with E-state index in [1.807, 2.05) is 49.4 Å². The normalized spacial score (nSPS) is 12.0. The second-order valence-corrected chi connectivity index (χ2v) is 6.62. The molecule has 0 bridgehead atoms. The quantitative estimate of drug-likeness (QED) is 0.482. The van der Waals surface area contributed by atoms with Gasteiger partial charge in [0.1, 0.15) is 5.58 Å². The van der Waals surface area contributed by atoms with E-state index in [0.717, 1.165) is 22.1 Å². The maximum absolute atomic E-state index is 12.1. The number of urea groups is 1. The Balaban J connectivity index is 1.55. The number of fused-ring (bicyclic) bond motifs is 1. The lowest BCUT2D eigenvalue weighted by Crippen LogP contribution is -2.51. The van der Waals surface area contributed by atoms with Crippen molar-refractivity contribution in [1.29, 1.82) is 0 Å². The van der Waals surface area contributed by atoms with Gasteiger partial charge in [0.15, 0.2) is 0 Å². The average Bonchev–Trinajstić information content (AvgIpc) is 3.04. The minimum Gasteiger partial charge on any atom is -0.464 e. The molecule has 0 radical (unpaired) electrons. The highest BCUT2D eigenvalue weighted by molar-refractivity contribution is 6.43. The van der Waals surface area contributed by atoms with Gasteiger partial charge in [-0.05, 0) is 37.0 Å². The molecule has 0 fully saturated rings. The number of benzene rings is 2. The van der Waals surface area contributed by atoms with E-state index < -0.39 is 19.1 Å². The lowest BCUT2D eigenvalue weighted by atomic mass is 9.76. The summed E-state index contributed by atoms with van der Waals surface area (Å²) in [4.78, 5) is 12.1. The number of hydrogen-bond donors (Lipinski definition) is 4. The van der Waals surface area contributed by atoms with Crippen LogP contribution in [0.1, 0.15) is 16.7 Å². The Morgan fingerprint density at radius 1 is 1.19 bits per heavy atom. The third-order valence-corrected chi connectivity index (χ3v) is 4.46. The number of nitrogens with one attached hydrogen (secondary N) is 2. The van der Waals surface area contributed by atoms with E-state index >= 15 is 0 Å². The third-order valence-electron chi connectivity index (χ3n) is 4.46. The molecular formula is C20H23BN2O4. The van der Waals surface area contributed by atoms with Crippen LogP contribution in [0.5, 0.6) is 0 Å². The summed E-state index contributed by atoms with van der Waals surface area (Å²) in [7, 11) is -1.68. The van der Waals surface area contributed by atoms with E-state index in [1.54, 1.807) is 6.26 Å². The van der Waals surface area contributed by atoms with Crippen LogP contribution >= 0.6 is 0 Å². The predicted octanol–water partition coefficient (Wildman–Crippen LogP) is 2.21. The molecule has 0 aliphatic rings. The summed E-state index contributed by atoms with van der Waals surface area (Å²) in [6.45, 7) is 2.48. The van der Waals surface area contributed by atoms with E-state index in [4.69, 9.17) is 4.42 Å². The molecule has 1 heterocycles. The molecule has 1 aromatic heterocycles. The topological polar surface area (TPSA) is 94.7 Å². The molecule has 0 aliphatic carbocycles. The second-order valence-electron chi connectivity index (χ2n) is 6.62. The van der Waals surface area contributed by atoms with Crippen LogP contribution in [0.15, 0.2) is 59.2 Å². The zero-order valence-electron chi connectivity index (χ0n) is 15.2. The number of carbonyl (C=O) groups is 1. The molecule has 140 valence electrons. The molecule has 3 aromatic rings. The summed E-state index contributed by atoms with van der Waals surface area (Å²) in [5, 5.41) is 25.6. The van der Waals surface area contributed by atoms with Crippen LogP contribution in [0, 0.1) is 6.92 Å². The fourth-order valence-electron chi connectivity index (χ4n) is 3.07. The predicted molar refractivity (Wildman–Crippen MR) is 105 cm³/mol. The number of furan rings is 1. The van der Waals surface area contributed by atoms with E-state index in [9.17, 15) is 14.8 Å². The number of amides is 2. The Bertz CT molecular complexity index is 910. The van der Waals surface area contributed by atoms with Gasteiger partial charge in [0.05, 0.1) is 12.2 Å². The number of rotatable bonds is 7. The van der Waals surface area contributed by atoms with Gasteiger partial charge in [0, 0.05) is 11.9 Å². The van der Waals surface area contributed by atoms with Crippen molar-refractivity contribution in [3.05, 3.63) is 71.5 Å². The summed E-state index contributed by atoms with van der Waals surface area (Å²) >= 11 is 0. The van der Waals surface area contributed by atoms with Gasteiger partial charge in [-0.3, -0.25) is 0 Å². The molecule has 7 heteroatoms. The average molecular weight is 366 g/mol. The fourth-order valence-corrected chi connectivity index (χ4v) is 3.07. The molecule has 1 atom stereocenters. The SMILES string of the molecule is Cc1cccc(CCNC(=O)N[C@@H](Cc2coc3ccccc23)B(O)O)c1. The molecule has 0 saturated carbocycles. The first kappa shape index (κ1) is 19.0. The van der Waals surface area contributed by atoms with Crippen molar-refractivity contribution in [1.82, 2.24) is 10.6 Å². The molecule has 27 heavy (non-hydrogen) atoms. The molecule has 6 nitrogen and oxygen atoms in total. The summed E-state index contributed by atoms with van der Waals surface area (Å²) in [5.74, 6) is -0.843. The van der Waals surface area contributed by atoms with Crippen LogP contribution in [0.2, 0.25) is 0 Å². The Morgan fingerprint density at radius 2 is 2.00 bits per heavy atom. The first-order valence-electron chi connectivity index (χ1n) is 8.94. The number of para-hydroxylation sites is 1. The van der Waals surface area contributed by atoms with Gasteiger partial charge in [0.2, 0.25) is 0 Å². The van der Waals surface area contributed by atoms with Crippen LogP contribution in [0.3, 0.4) is 0 Å². The Hall–Kier alpha value is -2.77. The largest absolute Gasteiger partial charge is 0.475 e. The van der Waals surface area contributed by atoms with E-state index in [0.29, 0.717) is 13.0 Å². The van der Waals surface area contributed by atoms with E-state index in [2.05, 4.69) is 16.7 Å². The van der Waals surface area contributed by atoms with Gasteiger partial charge in [-0.15, -0.1) is 0 Å². The van der Waals surface area contributed by atoms with Crippen LogP contribution in [-0.2, 0) is 12.8 Å². The number of carbonyl (C=O) groups excluding carboxylic acids is 1. The summed E-state index contributed by atoms with van der Waals surface area (Å²) in [6.07, 6.45) is 2.53. The van der Waals surface area contributed by atoms with Crippen molar-refractivity contribution in [3.8, 4) is 0 Å². The maximum Gasteiger partial charge on any atom is 0.475 e. The van der Waals surface area contributed by atoms with Crippen molar-refractivity contribution in [2.24, 2.45) is 0 Å². The molecule has 2 aromatic carbocycles. The van der Waals surface area contributed by atoms with Gasteiger partial charge in [-0.1, -0.05) is 48.0 Å². The third kappa shape index (κ3) is 5.12. The summed E-state index contributed by atoms with van der Waals surface area (Å²) in [5.41, 5.74) is 3.84. The van der Waals surface area contributed by atoms with Crippen LogP contribution in [0.25, 0.3) is 11.0 Å². The van der Waals surface area contributed by atoms with E-state index in [1.165, 1.54) is 5.56 Å². The van der Waals surface area contributed by atoms with Crippen LogP contribution < -0.4 is 10.6 Å². The van der Waals surface area contributed by atoms with Crippen LogP contribution in [-0.4, -0.2) is 35.7 Å². The molecule has 3 rings (SSSR count). The van der Waals surface area contributed by atoms with Crippen molar-refractivity contribution >= 4 is 24.1 Å². The zero-order chi connectivity index (χ0) is 19.2. The van der Waals surface area contributed by atoms with Crippen LogP contribution in [0.4, 0.5) is 4.79 Å². The summed E-state index contributed by atoms with van der Waals surface area (Å²) in [6, 6.07) is 15.2. The highest BCUT2D eigenvalue weighted by atomic mass is 16.4. The molecule has 2 amide bonds. The van der Waals surface area contributed by atoms with Crippen molar-refractivity contribution in [3.63, 3.8) is 0 Å². The van der Waals surface area contributed by atoms with Crippen molar-refractivity contribution in [2.75, 3.05) is 6.54 Å². The van der Waals surface area contributed by atoms with Gasteiger partial charge >= 0.3 is 13.1 Å². The molecule has 0 unspecified atom stereocenters. The van der Waals surface area contributed by atoms with Crippen molar-refractivity contribution in [2.45, 2.75) is 25.7 Å². The van der Waals surface area contributed by atoms with E-state index in [-0.39, 0.29) is 6.42 Å². The van der Waals surface area contributed by atoms with Gasteiger partial charge < -0.3 is 25.1 Å². The first-order valence-corrected chi connectivity index (χ1v) is 8.94. The number of aryl methyl sites for hydroxylation is 1. The lowest BCUT2D eigenvalue weighted by molar-refractivity contribution is 0.237. The zero-order valence-corrected chi connectivity index (χ0v) is 15.2. The number of hydrogen-bond acceptors (Lipinski definition) is 4. The lowest BCUT2D eigenvalue weighted by Gasteiger charge is -2.18. The summed E-state index contributed by atoms with van der Waals surface area (Å²) < 4.78 is 5.47. The highest BCUT2D eigenvalue weighted by Gasteiger charge is 2.26. The Morgan fingerprint density at radius 3 is 2.78 bits per heavy atom. The molecule has 0 spiro atoms. The standard InChI is InChI=1S/C20H23BN2O4/c1-14-5-4-6-15(11-14)9-10-22-20(24)23-19(21(25)26)12-16-13-27-18-8-3-2-7-17(16)18/h2-8,11,13,19,25-26H,9-10,12H2,1H3,(H2,22,23,24)/t19-/m0/s1. The Labute approximate surface area is 158 Å². The molecular weight excluding hydrogens is 343 g/mol. The Kier molecular flexibility index (Phi) is 6.16. The smallest absolute Gasteiger partial charge is 0.464 e. The monoisotopic (exact) mass is 366 g/mol. The van der Waals surface area contributed by atoms with Gasteiger partial charge in [0.25, 0.3) is 0 Å². The molecule has 0 saturated heterocycles. The van der Waals surface area contributed by atoms with Gasteiger partial charge in [-0.25, -0.2) is 4.79 Å². The maximum atomic E-state index is 12.1.